The second-order valence-electron chi connectivity index (χ2n) is 5.40. The van der Waals surface area contributed by atoms with Gasteiger partial charge >= 0.3 is 0 Å². The van der Waals surface area contributed by atoms with Crippen molar-refractivity contribution in [1.82, 2.24) is 5.32 Å². The molecule has 0 aromatic heterocycles. The molecule has 1 N–H and O–H groups in total. The number of non-ortho nitro benzene ring substituents is 1. The van der Waals surface area contributed by atoms with Gasteiger partial charge in [0.15, 0.2) is 11.5 Å². The third-order valence-electron chi connectivity index (χ3n) is 3.61. The molecule has 2 aromatic rings. The lowest BCUT2D eigenvalue weighted by Crippen LogP contribution is -2.41. The zero-order chi connectivity index (χ0) is 16.9. The molecule has 1 unspecified atom stereocenters. The SMILES string of the molecule is O=C(Cc1ccc([N+](=O)[O-])cc1)NCC1COc2ccccc2O1. The topological polar surface area (TPSA) is 90.7 Å². The molecule has 0 bridgehead atoms. The number of para-hydroxylation sites is 2. The Kier molecular flexibility index (Phi) is 4.60. The number of ether oxygens (including phenoxy) is 2. The molecule has 0 radical (unpaired) electrons. The second-order valence-corrected chi connectivity index (χ2v) is 5.40. The van der Waals surface area contributed by atoms with Gasteiger partial charge in [0, 0.05) is 12.1 Å². The highest BCUT2D eigenvalue weighted by atomic mass is 16.6. The van der Waals surface area contributed by atoms with Gasteiger partial charge in [-0.25, -0.2) is 0 Å². The van der Waals surface area contributed by atoms with Gasteiger partial charge < -0.3 is 14.8 Å². The molecule has 24 heavy (non-hydrogen) atoms. The van der Waals surface area contributed by atoms with E-state index in [2.05, 4.69) is 5.32 Å². The average molecular weight is 328 g/mol. The number of hydrogen-bond donors (Lipinski definition) is 1. The number of amides is 1. The molecular weight excluding hydrogens is 312 g/mol. The first-order valence-corrected chi connectivity index (χ1v) is 7.50. The molecule has 1 atom stereocenters. The van der Waals surface area contributed by atoms with E-state index in [1.165, 1.54) is 12.1 Å². The van der Waals surface area contributed by atoms with Crippen LogP contribution in [0.5, 0.6) is 11.5 Å². The van der Waals surface area contributed by atoms with Gasteiger partial charge in [0.1, 0.15) is 12.7 Å². The Morgan fingerprint density at radius 3 is 2.58 bits per heavy atom. The molecule has 0 spiro atoms. The summed E-state index contributed by atoms with van der Waals surface area (Å²) in [6.45, 7) is 0.703. The van der Waals surface area contributed by atoms with E-state index in [9.17, 15) is 14.9 Å². The van der Waals surface area contributed by atoms with Crippen molar-refractivity contribution in [3.63, 3.8) is 0 Å². The zero-order valence-electron chi connectivity index (χ0n) is 12.8. The van der Waals surface area contributed by atoms with Crippen LogP contribution in [0.25, 0.3) is 0 Å². The summed E-state index contributed by atoms with van der Waals surface area (Å²) in [7, 11) is 0. The zero-order valence-corrected chi connectivity index (χ0v) is 12.8. The van der Waals surface area contributed by atoms with Crippen molar-refractivity contribution in [1.29, 1.82) is 0 Å². The van der Waals surface area contributed by atoms with Gasteiger partial charge in [-0.05, 0) is 17.7 Å². The quantitative estimate of drug-likeness (QED) is 0.670. The molecule has 7 heteroatoms. The van der Waals surface area contributed by atoms with Crippen LogP contribution in [-0.2, 0) is 11.2 Å². The van der Waals surface area contributed by atoms with Crippen LogP contribution in [0.2, 0.25) is 0 Å². The molecule has 0 fully saturated rings. The summed E-state index contributed by atoms with van der Waals surface area (Å²) in [5.74, 6) is 1.19. The summed E-state index contributed by atoms with van der Waals surface area (Å²) in [5.41, 5.74) is 0.717. The number of fused-ring (bicyclic) bond motifs is 1. The minimum absolute atomic E-state index is 0.00516. The van der Waals surface area contributed by atoms with E-state index >= 15 is 0 Å². The average Bonchev–Trinajstić information content (AvgIpc) is 2.60. The van der Waals surface area contributed by atoms with E-state index in [1.54, 1.807) is 12.1 Å². The maximum atomic E-state index is 12.0. The van der Waals surface area contributed by atoms with Crippen molar-refractivity contribution in [3.8, 4) is 11.5 Å². The van der Waals surface area contributed by atoms with Crippen LogP contribution in [0.3, 0.4) is 0 Å². The van der Waals surface area contributed by atoms with Crippen LogP contribution in [0, 0.1) is 10.1 Å². The Balaban J connectivity index is 1.48. The molecule has 1 amide bonds. The number of nitrogens with one attached hydrogen (secondary N) is 1. The highest BCUT2D eigenvalue weighted by Crippen LogP contribution is 2.30. The Morgan fingerprint density at radius 2 is 1.88 bits per heavy atom. The van der Waals surface area contributed by atoms with E-state index in [0.717, 1.165) is 0 Å². The molecule has 3 rings (SSSR count). The maximum Gasteiger partial charge on any atom is 0.269 e. The number of carbonyl (C=O) groups is 1. The molecule has 0 saturated carbocycles. The van der Waals surface area contributed by atoms with Gasteiger partial charge in [-0.15, -0.1) is 0 Å². The van der Waals surface area contributed by atoms with Crippen LogP contribution in [0.4, 0.5) is 5.69 Å². The second kappa shape index (κ2) is 6.99. The van der Waals surface area contributed by atoms with Crippen LogP contribution < -0.4 is 14.8 Å². The normalized spacial score (nSPS) is 15.6. The predicted octanol–water partition coefficient (Wildman–Crippen LogP) is 2.09. The lowest BCUT2D eigenvalue weighted by molar-refractivity contribution is -0.384. The number of nitro groups is 1. The first-order valence-electron chi connectivity index (χ1n) is 7.50. The molecular formula is C17H16N2O5. The van der Waals surface area contributed by atoms with Gasteiger partial charge in [-0.1, -0.05) is 24.3 Å². The third-order valence-corrected chi connectivity index (χ3v) is 3.61. The number of nitro benzene ring substituents is 1. The lowest BCUT2D eigenvalue weighted by atomic mass is 10.1. The van der Waals surface area contributed by atoms with Crippen molar-refractivity contribution in [3.05, 3.63) is 64.2 Å². The van der Waals surface area contributed by atoms with Crippen LogP contribution in [-0.4, -0.2) is 30.1 Å². The summed E-state index contributed by atoms with van der Waals surface area (Å²) >= 11 is 0. The van der Waals surface area contributed by atoms with Crippen LogP contribution in [0.15, 0.2) is 48.5 Å². The van der Waals surface area contributed by atoms with Crippen molar-refractivity contribution in [2.45, 2.75) is 12.5 Å². The minimum Gasteiger partial charge on any atom is -0.486 e. The van der Waals surface area contributed by atoms with Gasteiger partial charge in [0.25, 0.3) is 5.69 Å². The lowest BCUT2D eigenvalue weighted by Gasteiger charge is -2.26. The highest BCUT2D eigenvalue weighted by molar-refractivity contribution is 5.78. The van der Waals surface area contributed by atoms with E-state index in [4.69, 9.17) is 9.47 Å². The van der Waals surface area contributed by atoms with Crippen LogP contribution >= 0.6 is 0 Å². The van der Waals surface area contributed by atoms with Gasteiger partial charge in [-0.2, -0.15) is 0 Å². The standard InChI is InChI=1S/C17H16N2O5/c20-17(9-12-5-7-13(8-6-12)19(21)22)18-10-14-11-23-15-3-1-2-4-16(15)24-14/h1-8,14H,9-11H2,(H,18,20). The van der Waals surface area contributed by atoms with E-state index in [1.807, 2.05) is 24.3 Å². The first kappa shape index (κ1) is 15.8. The summed E-state index contributed by atoms with van der Waals surface area (Å²) in [5, 5.41) is 13.4. The molecule has 1 aliphatic heterocycles. The van der Waals surface area contributed by atoms with Crippen molar-refractivity contribution in [2.75, 3.05) is 13.2 Å². The van der Waals surface area contributed by atoms with E-state index < -0.39 is 4.92 Å². The van der Waals surface area contributed by atoms with E-state index in [0.29, 0.717) is 30.2 Å². The van der Waals surface area contributed by atoms with Crippen molar-refractivity contribution >= 4 is 11.6 Å². The summed E-state index contributed by atoms with van der Waals surface area (Å²) in [6, 6.07) is 13.3. The largest absolute Gasteiger partial charge is 0.486 e. The third kappa shape index (κ3) is 3.81. The fourth-order valence-corrected chi connectivity index (χ4v) is 2.37. The van der Waals surface area contributed by atoms with Crippen molar-refractivity contribution < 1.29 is 19.2 Å². The smallest absolute Gasteiger partial charge is 0.269 e. The molecule has 0 saturated heterocycles. The summed E-state index contributed by atoms with van der Waals surface area (Å²) in [6.07, 6.45) is -0.0944. The molecule has 2 aromatic carbocycles. The Labute approximate surface area is 138 Å². The molecule has 1 aliphatic rings. The van der Waals surface area contributed by atoms with E-state index in [-0.39, 0.29) is 24.1 Å². The Morgan fingerprint density at radius 1 is 1.17 bits per heavy atom. The maximum absolute atomic E-state index is 12.0. The molecule has 7 nitrogen and oxygen atoms in total. The van der Waals surface area contributed by atoms with Crippen molar-refractivity contribution in [2.24, 2.45) is 0 Å². The van der Waals surface area contributed by atoms with Gasteiger partial charge in [0.2, 0.25) is 5.91 Å². The summed E-state index contributed by atoms with van der Waals surface area (Å²) in [4.78, 5) is 22.1. The fourth-order valence-electron chi connectivity index (χ4n) is 2.37. The predicted molar refractivity (Wildman–Crippen MR) is 86.2 cm³/mol. The van der Waals surface area contributed by atoms with Gasteiger partial charge in [0.05, 0.1) is 17.9 Å². The molecule has 1 heterocycles. The summed E-state index contributed by atoms with van der Waals surface area (Å²) < 4.78 is 11.3. The minimum atomic E-state index is -0.470. The number of nitrogens with zero attached hydrogens (tertiary/aromatic N) is 1. The van der Waals surface area contributed by atoms with Gasteiger partial charge in [-0.3, -0.25) is 14.9 Å². The number of rotatable bonds is 5. The number of hydrogen-bond acceptors (Lipinski definition) is 5. The molecule has 124 valence electrons. The monoisotopic (exact) mass is 328 g/mol. The Hall–Kier alpha value is -3.09. The fraction of sp³-hybridized carbons (Fsp3) is 0.235. The van der Waals surface area contributed by atoms with Crippen LogP contribution in [0.1, 0.15) is 5.56 Å². The Bertz CT molecular complexity index is 745. The highest BCUT2D eigenvalue weighted by Gasteiger charge is 2.21. The number of benzene rings is 2. The first-order chi connectivity index (χ1) is 11.6. The number of carbonyl (C=O) groups excluding carboxylic acids is 1. The molecule has 0 aliphatic carbocycles.